The van der Waals surface area contributed by atoms with E-state index in [0.717, 1.165) is 27.8 Å². The van der Waals surface area contributed by atoms with Crippen LogP contribution in [0.5, 0.6) is 0 Å². The lowest BCUT2D eigenvalue weighted by Crippen LogP contribution is -2.42. The van der Waals surface area contributed by atoms with Crippen molar-refractivity contribution in [3.05, 3.63) is 46.7 Å². The van der Waals surface area contributed by atoms with Crippen molar-refractivity contribution in [2.24, 2.45) is 0 Å². The van der Waals surface area contributed by atoms with Crippen LogP contribution >= 0.6 is 22.7 Å². The molecule has 0 amide bonds. The Balaban J connectivity index is 1.65. The highest BCUT2D eigenvalue weighted by Crippen LogP contribution is 2.48. The molecule has 0 spiro atoms. The molecular formula is C24H30O4S3Si. The Labute approximate surface area is 199 Å². The fourth-order valence-electron chi connectivity index (χ4n) is 4.27. The minimum Gasteiger partial charge on any atom is -0.466 e. The summed E-state index contributed by atoms with van der Waals surface area (Å²) < 4.78 is 32.4. The quantitative estimate of drug-likeness (QED) is 0.264. The fraction of sp³-hybridized carbons (Fsp3) is 0.458. The largest absolute Gasteiger partial charge is 0.466 e. The van der Waals surface area contributed by atoms with Crippen LogP contribution in [0.4, 0.5) is 0 Å². The number of thiophene rings is 2. The Morgan fingerprint density at radius 1 is 1.12 bits per heavy atom. The van der Waals surface area contributed by atoms with E-state index in [1.165, 1.54) is 21.4 Å². The first-order valence-corrected chi connectivity index (χ1v) is 18.1. The summed E-state index contributed by atoms with van der Waals surface area (Å²) in [7, 11) is -4.79. The minimum absolute atomic E-state index is 0.0919. The number of hydrogen-bond acceptors (Lipinski definition) is 6. The molecule has 1 aliphatic heterocycles. The highest BCUT2D eigenvalue weighted by Gasteiger charge is 2.49. The van der Waals surface area contributed by atoms with E-state index in [2.05, 4.69) is 37.2 Å². The number of fused-ring (bicyclic) bond motifs is 1. The van der Waals surface area contributed by atoms with Crippen LogP contribution in [-0.4, -0.2) is 34.8 Å². The minimum atomic E-state index is -3.46. The molecule has 32 heavy (non-hydrogen) atoms. The number of carbonyl (C=O) groups is 1. The lowest BCUT2D eigenvalue weighted by Gasteiger charge is -2.35. The predicted molar refractivity (Wildman–Crippen MR) is 138 cm³/mol. The summed E-state index contributed by atoms with van der Waals surface area (Å²) in [6, 6.07) is 13.1. The molecule has 0 bridgehead atoms. The molecule has 3 aromatic rings. The third-order valence-corrected chi connectivity index (χ3v) is 12.9. The van der Waals surface area contributed by atoms with Gasteiger partial charge in [0.1, 0.15) is 4.75 Å². The molecule has 0 unspecified atom stereocenters. The zero-order valence-corrected chi connectivity index (χ0v) is 22.3. The van der Waals surface area contributed by atoms with Gasteiger partial charge in [0.25, 0.3) is 0 Å². The van der Waals surface area contributed by atoms with E-state index in [-0.39, 0.29) is 12.2 Å². The average Bonchev–Trinajstić information content (AvgIpc) is 3.35. The maximum atomic E-state index is 13.4. The van der Waals surface area contributed by atoms with Crippen molar-refractivity contribution in [2.45, 2.75) is 56.1 Å². The number of sulfone groups is 1. The first-order chi connectivity index (χ1) is 15.1. The highest BCUT2D eigenvalue weighted by atomic mass is 32.2. The van der Waals surface area contributed by atoms with E-state index in [1.54, 1.807) is 11.3 Å². The van der Waals surface area contributed by atoms with Crippen LogP contribution in [0.1, 0.15) is 30.6 Å². The van der Waals surface area contributed by atoms with Crippen molar-refractivity contribution in [2.75, 3.05) is 12.4 Å². The SMILES string of the molecule is C[Si](C)(C)CCOC(=O)C[C@]1(c2ccc(-c3csc4ccccc34)s2)CCCCS1(=O)=O. The second-order valence-electron chi connectivity index (χ2n) is 9.79. The van der Waals surface area contributed by atoms with Crippen LogP contribution in [-0.2, 0) is 24.1 Å². The lowest BCUT2D eigenvalue weighted by molar-refractivity contribution is -0.144. The second-order valence-corrected chi connectivity index (χ2v) is 19.8. The molecule has 0 aliphatic carbocycles. The third kappa shape index (κ3) is 4.74. The van der Waals surface area contributed by atoms with Crippen LogP contribution in [0.2, 0.25) is 25.7 Å². The molecule has 3 heterocycles. The van der Waals surface area contributed by atoms with Gasteiger partial charge in [0.15, 0.2) is 9.84 Å². The van der Waals surface area contributed by atoms with Crippen LogP contribution in [0, 0.1) is 0 Å². The van der Waals surface area contributed by atoms with E-state index in [9.17, 15) is 13.2 Å². The van der Waals surface area contributed by atoms with Gasteiger partial charge in [0.2, 0.25) is 0 Å². The Bertz CT molecular complexity index is 1220. The standard InChI is InChI=1S/C24H30O4S3Si/c1-32(2,3)15-13-28-23(25)16-24(12-6-7-14-31(24,26)27)22-11-10-21(30-22)19-17-29-20-9-5-4-8-18(19)20/h4-5,8-11,17H,6-7,12-16H2,1-3H3/t24-/m0/s1. The van der Waals surface area contributed by atoms with E-state index in [0.29, 0.717) is 19.4 Å². The Kier molecular flexibility index (Phi) is 6.69. The van der Waals surface area contributed by atoms with Crippen molar-refractivity contribution in [1.82, 2.24) is 0 Å². The molecule has 1 saturated heterocycles. The average molecular weight is 507 g/mol. The molecule has 1 atom stereocenters. The Morgan fingerprint density at radius 2 is 1.91 bits per heavy atom. The van der Waals surface area contributed by atoms with Gasteiger partial charge in [0, 0.05) is 38.9 Å². The molecule has 0 N–H and O–H groups in total. The van der Waals surface area contributed by atoms with Crippen molar-refractivity contribution in [3.8, 4) is 10.4 Å². The van der Waals surface area contributed by atoms with Gasteiger partial charge in [0.05, 0.1) is 18.8 Å². The van der Waals surface area contributed by atoms with Crippen LogP contribution in [0.3, 0.4) is 0 Å². The Morgan fingerprint density at radius 3 is 2.66 bits per heavy atom. The normalized spacial score (nSPS) is 21.0. The summed E-state index contributed by atoms with van der Waals surface area (Å²) in [5, 5.41) is 3.31. The van der Waals surface area contributed by atoms with E-state index >= 15 is 0 Å². The zero-order valence-electron chi connectivity index (χ0n) is 18.8. The molecule has 1 aliphatic rings. The summed E-state index contributed by atoms with van der Waals surface area (Å²) in [6.45, 7) is 7.07. The summed E-state index contributed by atoms with van der Waals surface area (Å²) in [6.07, 6.45) is 1.84. The third-order valence-electron chi connectivity index (χ3n) is 6.19. The summed E-state index contributed by atoms with van der Waals surface area (Å²) in [5.41, 5.74) is 1.13. The molecule has 4 rings (SSSR count). The monoisotopic (exact) mass is 506 g/mol. The van der Waals surface area contributed by atoms with Gasteiger partial charge in [-0.15, -0.1) is 22.7 Å². The fourth-order valence-corrected chi connectivity index (χ4v) is 9.81. The van der Waals surface area contributed by atoms with Gasteiger partial charge in [-0.2, -0.15) is 0 Å². The molecule has 8 heteroatoms. The molecule has 4 nitrogen and oxygen atoms in total. The number of ether oxygens (including phenoxy) is 1. The first kappa shape index (κ1) is 23.7. The van der Waals surface area contributed by atoms with Gasteiger partial charge in [-0.05, 0) is 37.1 Å². The van der Waals surface area contributed by atoms with Crippen molar-refractivity contribution in [1.29, 1.82) is 0 Å². The predicted octanol–water partition coefficient (Wildman–Crippen LogP) is 6.70. The van der Waals surface area contributed by atoms with Crippen LogP contribution < -0.4 is 0 Å². The molecule has 172 valence electrons. The van der Waals surface area contributed by atoms with Crippen molar-refractivity contribution < 1.29 is 17.9 Å². The summed E-state index contributed by atoms with van der Waals surface area (Å²) in [5.74, 6) is -0.270. The van der Waals surface area contributed by atoms with E-state index < -0.39 is 28.6 Å². The number of esters is 1. The number of carbonyl (C=O) groups excluding carboxylic acids is 1. The van der Waals surface area contributed by atoms with E-state index in [1.807, 2.05) is 24.3 Å². The van der Waals surface area contributed by atoms with Crippen molar-refractivity contribution >= 4 is 56.6 Å². The zero-order chi connectivity index (χ0) is 23.0. The number of benzene rings is 1. The van der Waals surface area contributed by atoms with Gasteiger partial charge in [-0.25, -0.2) is 8.42 Å². The topological polar surface area (TPSA) is 60.4 Å². The first-order valence-electron chi connectivity index (χ1n) is 11.1. The van der Waals surface area contributed by atoms with E-state index in [4.69, 9.17) is 4.74 Å². The van der Waals surface area contributed by atoms with Crippen LogP contribution in [0.25, 0.3) is 20.5 Å². The molecular weight excluding hydrogens is 477 g/mol. The molecule has 0 saturated carbocycles. The maximum absolute atomic E-state index is 13.4. The van der Waals surface area contributed by atoms with Crippen LogP contribution in [0.15, 0.2) is 41.8 Å². The summed E-state index contributed by atoms with van der Waals surface area (Å²) >= 11 is 3.20. The van der Waals surface area contributed by atoms with Gasteiger partial charge in [-0.3, -0.25) is 4.79 Å². The lowest BCUT2D eigenvalue weighted by atomic mass is 9.95. The van der Waals surface area contributed by atoms with Gasteiger partial charge < -0.3 is 4.74 Å². The van der Waals surface area contributed by atoms with Gasteiger partial charge in [-0.1, -0.05) is 44.3 Å². The molecule has 1 aromatic carbocycles. The smallest absolute Gasteiger partial charge is 0.307 e. The number of hydrogen-bond donors (Lipinski definition) is 0. The second kappa shape index (κ2) is 9.04. The Hall–Kier alpha value is -1.48. The van der Waals surface area contributed by atoms with Crippen molar-refractivity contribution in [3.63, 3.8) is 0 Å². The summed E-state index contributed by atoms with van der Waals surface area (Å²) in [4.78, 5) is 14.6. The molecule has 1 fully saturated rings. The van der Waals surface area contributed by atoms with Gasteiger partial charge >= 0.3 is 5.97 Å². The highest BCUT2D eigenvalue weighted by molar-refractivity contribution is 7.92. The molecule has 2 aromatic heterocycles. The maximum Gasteiger partial charge on any atom is 0.307 e. The number of rotatable bonds is 7. The molecule has 0 radical (unpaired) electrons.